The van der Waals surface area contributed by atoms with Gasteiger partial charge < -0.3 is 15.1 Å². The largest absolute Gasteiger partial charge is 0.368 e. The van der Waals surface area contributed by atoms with E-state index in [4.69, 9.17) is 11.6 Å². The quantitative estimate of drug-likeness (QED) is 0.905. The van der Waals surface area contributed by atoms with Crippen LogP contribution in [0, 0.1) is 6.92 Å². The van der Waals surface area contributed by atoms with E-state index >= 15 is 0 Å². The maximum Gasteiger partial charge on any atom is 0.317 e. The Morgan fingerprint density at radius 2 is 1.84 bits per heavy atom. The highest BCUT2D eigenvalue weighted by molar-refractivity contribution is 6.30. The molecule has 1 heterocycles. The van der Waals surface area contributed by atoms with Gasteiger partial charge in [-0.15, -0.1) is 0 Å². The molecule has 25 heavy (non-hydrogen) atoms. The first kappa shape index (κ1) is 17.6. The van der Waals surface area contributed by atoms with Gasteiger partial charge in [-0.1, -0.05) is 41.9 Å². The van der Waals surface area contributed by atoms with Crippen LogP contribution in [0.4, 0.5) is 10.5 Å². The van der Waals surface area contributed by atoms with Gasteiger partial charge in [-0.3, -0.25) is 0 Å². The molecule has 1 fully saturated rings. The molecular weight excluding hydrogens is 334 g/mol. The Bertz CT molecular complexity index is 726. The second-order valence-electron chi connectivity index (χ2n) is 6.36. The molecule has 0 unspecified atom stereocenters. The Hall–Kier alpha value is -2.20. The number of rotatable bonds is 4. The molecule has 2 amide bonds. The molecule has 1 N–H and O–H groups in total. The van der Waals surface area contributed by atoms with Gasteiger partial charge in [0.15, 0.2) is 0 Å². The molecule has 0 saturated carbocycles. The molecule has 0 aromatic heterocycles. The lowest BCUT2D eigenvalue weighted by Gasteiger charge is -2.36. The van der Waals surface area contributed by atoms with Gasteiger partial charge in [0.05, 0.1) is 0 Å². The summed E-state index contributed by atoms with van der Waals surface area (Å²) < 4.78 is 0. The molecular formula is C20H24ClN3O. The van der Waals surface area contributed by atoms with E-state index in [1.165, 1.54) is 11.1 Å². The Morgan fingerprint density at radius 3 is 2.56 bits per heavy atom. The van der Waals surface area contributed by atoms with Gasteiger partial charge >= 0.3 is 6.03 Å². The van der Waals surface area contributed by atoms with Crippen LogP contribution in [0.1, 0.15) is 11.1 Å². The van der Waals surface area contributed by atoms with Crippen molar-refractivity contribution in [3.63, 3.8) is 0 Å². The lowest BCUT2D eigenvalue weighted by molar-refractivity contribution is 0.194. The summed E-state index contributed by atoms with van der Waals surface area (Å²) in [5, 5.41) is 3.78. The van der Waals surface area contributed by atoms with E-state index in [0.29, 0.717) is 6.54 Å². The van der Waals surface area contributed by atoms with Crippen molar-refractivity contribution < 1.29 is 4.79 Å². The number of nitrogens with one attached hydrogen (secondary N) is 1. The van der Waals surface area contributed by atoms with Crippen molar-refractivity contribution >= 4 is 23.3 Å². The number of carbonyl (C=O) groups excluding carboxylic acids is 1. The van der Waals surface area contributed by atoms with Gasteiger partial charge in [-0.05, 0) is 42.7 Å². The maximum atomic E-state index is 12.3. The minimum atomic E-state index is 0.0272. The Kier molecular flexibility index (Phi) is 5.82. The van der Waals surface area contributed by atoms with E-state index in [1.807, 2.05) is 35.2 Å². The van der Waals surface area contributed by atoms with Crippen LogP contribution in [0.25, 0.3) is 0 Å². The summed E-state index contributed by atoms with van der Waals surface area (Å²) in [5.74, 6) is 0. The minimum absolute atomic E-state index is 0.0272. The molecule has 0 bridgehead atoms. The molecule has 5 heteroatoms. The fraction of sp³-hybridized carbons (Fsp3) is 0.350. The number of amides is 2. The van der Waals surface area contributed by atoms with Crippen LogP contribution in [0.5, 0.6) is 0 Å². The van der Waals surface area contributed by atoms with Crippen molar-refractivity contribution in [2.45, 2.75) is 13.3 Å². The lowest BCUT2D eigenvalue weighted by atomic mass is 10.1. The van der Waals surface area contributed by atoms with Gasteiger partial charge in [0.25, 0.3) is 0 Å². The molecule has 0 atom stereocenters. The number of piperazine rings is 1. The fourth-order valence-corrected chi connectivity index (χ4v) is 3.33. The second kappa shape index (κ2) is 8.26. The summed E-state index contributed by atoms with van der Waals surface area (Å²) in [6, 6.07) is 16.2. The van der Waals surface area contributed by atoms with Crippen molar-refractivity contribution in [1.82, 2.24) is 10.2 Å². The summed E-state index contributed by atoms with van der Waals surface area (Å²) in [6.07, 6.45) is 0.862. The van der Waals surface area contributed by atoms with Crippen molar-refractivity contribution in [2.24, 2.45) is 0 Å². The summed E-state index contributed by atoms with van der Waals surface area (Å²) in [6.45, 7) is 5.87. The van der Waals surface area contributed by atoms with Gasteiger partial charge in [-0.2, -0.15) is 0 Å². The van der Waals surface area contributed by atoms with Gasteiger partial charge in [0, 0.05) is 43.4 Å². The third-order valence-electron chi connectivity index (χ3n) is 4.67. The van der Waals surface area contributed by atoms with E-state index in [9.17, 15) is 4.79 Å². The number of anilines is 1. The molecule has 2 aromatic rings. The third kappa shape index (κ3) is 4.67. The molecule has 1 aliphatic rings. The maximum absolute atomic E-state index is 12.3. The van der Waals surface area contributed by atoms with E-state index in [2.05, 4.69) is 35.3 Å². The van der Waals surface area contributed by atoms with E-state index in [-0.39, 0.29) is 6.03 Å². The summed E-state index contributed by atoms with van der Waals surface area (Å²) in [5.41, 5.74) is 3.67. The smallest absolute Gasteiger partial charge is 0.317 e. The predicted molar refractivity (Wildman–Crippen MR) is 104 cm³/mol. The Balaban J connectivity index is 1.45. The van der Waals surface area contributed by atoms with Gasteiger partial charge in [0.2, 0.25) is 0 Å². The summed E-state index contributed by atoms with van der Waals surface area (Å²) in [7, 11) is 0. The zero-order chi connectivity index (χ0) is 17.6. The van der Waals surface area contributed by atoms with Crippen LogP contribution in [0.3, 0.4) is 0 Å². The van der Waals surface area contributed by atoms with Crippen LogP contribution < -0.4 is 10.2 Å². The van der Waals surface area contributed by atoms with Crippen LogP contribution in [0.15, 0.2) is 48.5 Å². The van der Waals surface area contributed by atoms with Crippen LogP contribution >= 0.6 is 11.6 Å². The number of hydrogen-bond donors (Lipinski definition) is 1. The fourth-order valence-electron chi connectivity index (χ4n) is 3.15. The lowest BCUT2D eigenvalue weighted by Crippen LogP contribution is -2.52. The zero-order valence-electron chi connectivity index (χ0n) is 14.5. The average Bonchev–Trinajstić information content (AvgIpc) is 2.63. The molecule has 1 saturated heterocycles. The summed E-state index contributed by atoms with van der Waals surface area (Å²) >= 11 is 6.06. The third-order valence-corrected chi connectivity index (χ3v) is 4.91. The predicted octanol–water partition coefficient (Wildman–Crippen LogP) is 3.72. The second-order valence-corrected chi connectivity index (χ2v) is 6.80. The highest BCUT2D eigenvalue weighted by atomic mass is 35.5. The Labute approximate surface area is 154 Å². The molecule has 0 aliphatic carbocycles. The number of urea groups is 1. The van der Waals surface area contributed by atoms with Crippen LogP contribution in [0.2, 0.25) is 5.02 Å². The molecule has 0 radical (unpaired) electrons. The number of benzene rings is 2. The summed E-state index contributed by atoms with van der Waals surface area (Å²) in [4.78, 5) is 16.5. The SMILES string of the molecule is Cc1ccccc1CCNC(=O)N1CCN(c2cccc(Cl)c2)CC1. The van der Waals surface area contributed by atoms with Crippen LogP contribution in [-0.4, -0.2) is 43.7 Å². The first-order chi connectivity index (χ1) is 12.1. The van der Waals surface area contributed by atoms with Crippen molar-refractivity contribution in [1.29, 1.82) is 0 Å². The highest BCUT2D eigenvalue weighted by Crippen LogP contribution is 2.20. The highest BCUT2D eigenvalue weighted by Gasteiger charge is 2.21. The molecule has 3 rings (SSSR count). The Morgan fingerprint density at radius 1 is 1.08 bits per heavy atom. The van der Waals surface area contributed by atoms with Crippen molar-refractivity contribution in [3.05, 3.63) is 64.7 Å². The molecule has 132 valence electrons. The molecule has 2 aromatic carbocycles. The average molecular weight is 358 g/mol. The van der Waals surface area contributed by atoms with E-state index in [0.717, 1.165) is 43.3 Å². The number of halogens is 1. The van der Waals surface area contributed by atoms with E-state index < -0.39 is 0 Å². The molecule has 0 spiro atoms. The number of hydrogen-bond acceptors (Lipinski definition) is 2. The van der Waals surface area contributed by atoms with Gasteiger partial charge in [-0.25, -0.2) is 4.79 Å². The first-order valence-electron chi connectivity index (χ1n) is 8.71. The standard InChI is InChI=1S/C20H24ClN3O/c1-16-5-2-3-6-17(16)9-10-22-20(25)24-13-11-23(12-14-24)19-8-4-7-18(21)15-19/h2-8,15H,9-14H2,1H3,(H,22,25). The monoisotopic (exact) mass is 357 g/mol. The molecule has 4 nitrogen and oxygen atoms in total. The van der Waals surface area contributed by atoms with Crippen LogP contribution in [-0.2, 0) is 6.42 Å². The normalized spacial score (nSPS) is 14.5. The van der Waals surface area contributed by atoms with E-state index in [1.54, 1.807) is 0 Å². The molecule has 1 aliphatic heterocycles. The van der Waals surface area contributed by atoms with Crippen molar-refractivity contribution in [2.75, 3.05) is 37.6 Å². The number of nitrogens with zero attached hydrogens (tertiary/aromatic N) is 2. The zero-order valence-corrected chi connectivity index (χ0v) is 15.3. The first-order valence-corrected chi connectivity index (χ1v) is 9.09. The van der Waals surface area contributed by atoms with Crippen molar-refractivity contribution in [3.8, 4) is 0 Å². The van der Waals surface area contributed by atoms with Gasteiger partial charge in [0.1, 0.15) is 0 Å². The minimum Gasteiger partial charge on any atom is -0.368 e. The number of carbonyl (C=O) groups is 1. The topological polar surface area (TPSA) is 35.6 Å². The number of aryl methyl sites for hydroxylation is 1.